The van der Waals surface area contributed by atoms with Gasteiger partial charge in [0.05, 0.1) is 11.8 Å². The largest absolute Gasteiger partial charge is 0.299 e. The van der Waals surface area contributed by atoms with E-state index < -0.39 is 0 Å². The van der Waals surface area contributed by atoms with Crippen molar-refractivity contribution in [2.75, 3.05) is 0 Å². The molecule has 0 spiro atoms. The summed E-state index contributed by atoms with van der Waals surface area (Å²) in [6.07, 6.45) is 6.58. The summed E-state index contributed by atoms with van der Waals surface area (Å²) in [7, 11) is 1.80. The molecule has 19 heavy (non-hydrogen) atoms. The summed E-state index contributed by atoms with van der Waals surface area (Å²) in [5.41, 5.74) is 0.635. The molecule has 1 saturated carbocycles. The molecule has 0 aromatic carbocycles. The number of carbonyl (C=O) groups excluding carboxylic acids is 2. The highest BCUT2D eigenvalue weighted by Crippen LogP contribution is 2.36. The van der Waals surface area contributed by atoms with Crippen LogP contribution in [-0.2, 0) is 11.8 Å². The zero-order chi connectivity index (χ0) is 14.0. The minimum absolute atomic E-state index is 0.0893. The SMILES string of the molecule is CCC(C)C1C(=O)CCCC1C(=O)c1cnn(C)c1. The molecular formula is C15H22N2O2. The quantitative estimate of drug-likeness (QED) is 0.784. The third kappa shape index (κ3) is 2.77. The Morgan fingerprint density at radius 3 is 2.89 bits per heavy atom. The first-order valence-corrected chi connectivity index (χ1v) is 7.10. The van der Waals surface area contributed by atoms with E-state index in [2.05, 4.69) is 18.9 Å². The Morgan fingerprint density at radius 1 is 1.58 bits per heavy atom. The van der Waals surface area contributed by atoms with Crippen LogP contribution in [0.1, 0.15) is 49.9 Å². The number of hydrogen-bond donors (Lipinski definition) is 0. The van der Waals surface area contributed by atoms with Crippen LogP contribution >= 0.6 is 0 Å². The van der Waals surface area contributed by atoms with E-state index in [0.717, 1.165) is 19.3 Å². The summed E-state index contributed by atoms with van der Waals surface area (Å²) in [4.78, 5) is 24.8. The fraction of sp³-hybridized carbons (Fsp3) is 0.667. The van der Waals surface area contributed by atoms with Crippen LogP contribution in [0.15, 0.2) is 12.4 Å². The first-order valence-electron chi connectivity index (χ1n) is 7.10. The second kappa shape index (κ2) is 5.68. The van der Waals surface area contributed by atoms with Crippen LogP contribution in [0.25, 0.3) is 0 Å². The highest BCUT2D eigenvalue weighted by Gasteiger charge is 2.39. The van der Waals surface area contributed by atoms with Gasteiger partial charge in [-0.2, -0.15) is 5.10 Å². The zero-order valence-corrected chi connectivity index (χ0v) is 11.9. The molecule has 1 heterocycles. The molecular weight excluding hydrogens is 240 g/mol. The van der Waals surface area contributed by atoms with Gasteiger partial charge in [-0.1, -0.05) is 20.3 Å². The van der Waals surface area contributed by atoms with Crippen molar-refractivity contribution in [1.29, 1.82) is 0 Å². The lowest BCUT2D eigenvalue weighted by Crippen LogP contribution is -2.37. The number of rotatable bonds is 4. The van der Waals surface area contributed by atoms with E-state index in [-0.39, 0.29) is 29.3 Å². The van der Waals surface area contributed by atoms with E-state index in [1.165, 1.54) is 0 Å². The molecule has 1 aliphatic rings. The number of nitrogens with zero attached hydrogens (tertiary/aromatic N) is 2. The van der Waals surface area contributed by atoms with Gasteiger partial charge in [-0.25, -0.2) is 0 Å². The number of Topliss-reactive ketones (excluding diaryl/α,β-unsaturated/α-hetero) is 2. The molecule has 4 nitrogen and oxygen atoms in total. The Bertz CT molecular complexity index is 478. The maximum Gasteiger partial charge on any atom is 0.169 e. The van der Waals surface area contributed by atoms with Gasteiger partial charge in [0.25, 0.3) is 0 Å². The number of aryl methyl sites for hydroxylation is 1. The molecule has 0 amide bonds. The lowest BCUT2D eigenvalue weighted by atomic mass is 9.69. The van der Waals surface area contributed by atoms with Gasteiger partial charge in [0.2, 0.25) is 0 Å². The maximum absolute atomic E-state index is 12.6. The number of carbonyl (C=O) groups is 2. The third-order valence-electron chi connectivity index (χ3n) is 4.33. The van der Waals surface area contributed by atoms with Gasteiger partial charge < -0.3 is 0 Å². The van der Waals surface area contributed by atoms with E-state index in [4.69, 9.17) is 0 Å². The summed E-state index contributed by atoms with van der Waals surface area (Å²) in [6, 6.07) is 0. The van der Waals surface area contributed by atoms with Crippen molar-refractivity contribution in [2.45, 2.75) is 39.5 Å². The summed E-state index contributed by atoms with van der Waals surface area (Å²) >= 11 is 0. The molecule has 0 saturated heterocycles. The van der Waals surface area contributed by atoms with Gasteiger partial charge in [0.15, 0.2) is 5.78 Å². The molecule has 0 radical (unpaired) electrons. The second-order valence-electron chi connectivity index (χ2n) is 5.64. The molecule has 2 rings (SSSR count). The summed E-state index contributed by atoms with van der Waals surface area (Å²) in [5.74, 6) is 0.375. The Hall–Kier alpha value is -1.45. The summed E-state index contributed by atoms with van der Waals surface area (Å²) in [5, 5.41) is 4.05. The maximum atomic E-state index is 12.6. The monoisotopic (exact) mass is 262 g/mol. The summed E-state index contributed by atoms with van der Waals surface area (Å²) < 4.78 is 1.64. The van der Waals surface area contributed by atoms with E-state index in [1.54, 1.807) is 24.1 Å². The molecule has 3 atom stereocenters. The fourth-order valence-corrected chi connectivity index (χ4v) is 3.09. The van der Waals surface area contributed by atoms with Crippen molar-refractivity contribution in [3.05, 3.63) is 18.0 Å². The predicted octanol–water partition coefficient (Wildman–Crippen LogP) is 2.63. The molecule has 1 fully saturated rings. The highest BCUT2D eigenvalue weighted by molar-refractivity contribution is 6.01. The molecule has 0 N–H and O–H groups in total. The molecule has 3 unspecified atom stereocenters. The minimum Gasteiger partial charge on any atom is -0.299 e. The molecule has 4 heteroatoms. The van der Waals surface area contributed by atoms with Crippen LogP contribution in [0.3, 0.4) is 0 Å². The molecule has 1 aromatic heterocycles. The van der Waals surface area contributed by atoms with Gasteiger partial charge in [-0.3, -0.25) is 14.3 Å². The molecule has 0 bridgehead atoms. The van der Waals surface area contributed by atoms with Crippen LogP contribution in [0.5, 0.6) is 0 Å². The van der Waals surface area contributed by atoms with Gasteiger partial charge in [-0.15, -0.1) is 0 Å². The normalized spacial score (nSPS) is 25.3. The predicted molar refractivity (Wildman–Crippen MR) is 72.8 cm³/mol. The molecule has 104 valence electrons. The van der Waals surface area contributed by atoms with E-state index in [1.807, 2.05) is 0 Å². The van der Waals surface area contributed by atoms with Crippen molar-refractivity contribution >= 4 is 11.6 Å². The third-order valence-corrected chi connectivity index (χ3v) is 4.33. The number of ketones is 2. The van der Waals surface area contributed by atoms with Gasteiger partial charge in [0.1, 0.15) is 5.78 Å². The lowest BCUT2D eigenvalue weighted by Gasteiger charge is -2.33. The van der Waals surface area contributed by atoms with Crippen molar-refractivity contribution < 1.29 is 9.59 Å². The molecule has 0 aliphatic heterocycles. The first kappa shape index (κ1) is 14.0. The smallest absolute Gasteiger partial charge is 0.169 e. The van der Waals surface area contributed by atoms with Gasteiger partial charge >= 0.3 is 0 Å². The van der Waals surface area contributed by atoms with Gasteiger partial charge in [-0.05, 0) is 18.8 Å². The van der Waals surface area contributed by atoms with Crippen LogP contribution in [0, 0.1) is 17.8 Å². The van der Waals surface area contributed by atoms with E-state index in [0.29, 0.717) is 12.0 Å². The topological polar surface area (TPSA) is 52.0 Å². The Balaban J connectivity index is 2.24. The number of hydrogen-bond acceptors (Lipinski definition) is 3. The minimum atomic E-state index is -0.152. The van der Waals surface area contributed by atoms with Crippen molar-refractivity contribution in [3.8, 4) is 0 Å². The van der Waals surface area contributed by atoms with Crippen molar-refractivity contribution in [2.24, 2.45) is 24.8 Å². The summed E-state index contributed by atoms with van der Waals surface area (Å²) in [6.45, 7) is 4.16. The average molecular weight is 262 g/mol. The fourth-order valence-electron chi connectivity index (χ4n) is 3.09. The first-order chi connectivity index (χ1) is 9.04. The zero-order valence-electron chi connectivity index (χ0n) is 11.9. The highest BCUT2D eigenvalue weighted by atomic mass is 16.1. The van der Waals surface area contributed by atoms with Crippen LogP contribution in [-0.4, -0.2) is 21.3 Å². The molecule has 1 aliphatic carbocycles. The Labute approximate surface area is 114 Å². The van der Waals surface area contributed by atoms with E-state index >= 15 is 0 Å². The van der Waals surface area contributed by atoms with Crippen LogP contribution < -0.4 is 0 Å². The Kier molecular flexibility index (Phi) is 4.17. The Morgan fingerprint density at radius 2 is 2.32 bits per heavy atom. The van der Waals surface area contributed by atoms with Crippen molar-refractivity contribution in [3.63, 3.8) is 0 Å². The van der Waals surface area contributed by atoms with Crippen LogP contribution in [0.4, 0.5) is 0 Å². The number of aromatic nitrogens is 2. The second-order valence-corrected chi connectivity index (χ2v) is 5.64. The standard InChI is InChI=1S/C15H22N2O2/c1-4-10(2)14-12(6-5-7-13(14)18)15(19)11-8-16-17(3)9-11/h8-10,12,14H,4-7H2,1-3H3. The molecule has 1 aromatic rings. The van der Waals surface area contributed by atoms with Crippen molar-refractivity contribution in [1.82, 2.24) is 9.78 Å². The van der Waals surface area contributed by atoms with E-state index in [9.17, 15) is 9.59 Å². The van der Waals surface area contributed by atoms with Gasteiger partial charge in [0, 0.05) is 31.5 Å². The van der Waals surface area contributed by atoms with Crippen LogP contribution in [0.2, 0.25) is 0 Å². The average Bonchev–Trinajstić information content (AvgIpc) is 2.83. The lowest BCUT2D eigenvalue weighted by molar-refractivity contribution is -0.127.